The molecule has 0 spiro atoms. The molecule has 15 heavy (non-hydrogen) atoms. The Morgan fingerprint density at radius 1 is 1.20 bits per heavy atom. The summed E-state index contributed by atoms with van der Waals surface area (Å²) >= 11 is 0. The minimum absolute atomic E-state index is 0.0564. The van der Waals surface area contributed by atoms with Crippen molar-refractivity contribution >= 4 is 11.8 Å². The van der Waals surface area contributed by atoms with Crippen LogP contribution in [0.15, 0.2) is 0 Å². The second kappa shape index (κ2) is 7.43. The minimum Gasteiger partial charge on any atom is -0.549 e. The molecule has 0 radical (unpaired) electrons. The second-order valence-electron chi connectivity index (χ2n) is 4.07. The normalized spacial score (nSPS) is 14.6. The highest BCUT2D eigenvalue weighted by Crippen LogP contribution is 2.23. The fourth-order valence-electron chi connectivity index (χ4n) is 1.95. The Labute approximate surface area is 91.9 Å². The van der Waals surface area contributed by atoms with Crippen LogP contribution >= 0.6 is 0 Å². The smallest absolute Gasteiger partial charge is 0.138 e. The van der Waals surface area contributed by atoms with Crippen LogP contribution in [-0.4, -0.2) is 11.8 Å². The standard InChI is InChI=1S/C12H22O3/c1-4-6-7-8-10(5-2)11(9(3)13)12(14)15/h10-11H,4-8H2,1-3H3,(H,14,15)/p-1. The number of carbonyl (C=O) groups is 2. The van der Waals surface area contributed by atoms with E-state index < -0.39 is 11.9 Å². The lowest BCUT2D eigenvalue weighted by Gasteiger charge is -2.24. The third-order valence-corrected chi connectivity index (χ3v) is 2.87. The van der Waals surface area contributed by atoms with Crippen molar-refractivity contribution in [2.75, 3.05) is 0 Å². The third kappa shape index (κ3) is 4.96. The molecule has 88 valence electrons. The fourth-order valence-corrected chi connectivity index (χ4v) is 1.95. The Morgan fingerprint density at radius 2 is 1.80 bits per heavy atom. The van der Waals surface area contributed by atoms with Gasteiger partial charge in [0.15, 0.2) is 0 Å². The van der Waals surface area contributed by atoms with Crippen LogP contribution < -0.4 is 5.11 Å². The highest BCUT2D eigenvalue weighted by atomic mass is 16.4. The highest BCUT2D eigenvalue weighted by Gasteiger charge is 2.24. The van der Waals surface area contributed by atoms with E-state index in [1.807, 2.05) is 6.92 Å². The Hall–Kier alpha value is -0.860. The summed E-state index contributed by atoms with van der Waals surface area (Å²) in [5.41, 5.74) is 0. The molecular formula is C12H21O3-. The maximum atomic E-state index is 11.2. The van der Waals surface area contributed by atoms with Gasteiger partial charge in [0.05, 0.1) is 11.9 Å². The topological polar surface area (TPSA) is 57.2 Å². The van der Waals surface area contributed by atoms with Crippen LogP contribution in [0.1, 0.15) is 52.9 Å². The summed E-state index contributed by atoms with van der Waals surface area (Å²) < 4.78 is 0. The molecule has 0 rings (SSSR count). The molecule has 3 heteroatoms. The number of carboxylic acids is 1. The molecule has 0 aliphatic heterocycles. The van der Waals surface area contributed by atoms with Crippen LogP contribution in [0.3, 0.4) is 0 Å². The van der Waals surface area contributed by atoms with E-state index in [-0.39, 0.29) is 11.7 Å². The molecule has 0 amide bonds. The van der Waals surface area contributed by atoms with Crippen molar-refractivity contribution < 1.29 is 14.7 Å². The quantitative estimate of drug-likeness (QED) is 0.454. The van der Waals surface area contributed by atoms with Gasteiger partial charge in [0.2, 0.25) is 0 Å². The summed E-state index contributed by atoms with van der Waals surface area (Å²) in [5, 5.41) is 10.8. The fraction of sp³-hybridized carbons (Fsp3) is 0.833. The molecule has 0 heterocycles. The van der Waals surface area contributed by atoms with Crippen LogP contribution in [0.25, 0.3) is 0 Å². The number of unbranched alkanes of at least 4 members (excludes halogenated alkanes) is 2. The van der Waals surface area contributed by atoms with Crippen molar-refractivity contribution in [2.45, 2.75) is 52.9 Å². The number of hydrogen-bond donors (Lipinski definition) is 0. The van der Waals surface area contributed by atoms with E-state index in [4.69, 9.17) is 0 Å². The van der Waals surface area contributed by atoms with E-state index in [2.05, 4.69) is 6.92 Å². The first-order valence-electron chi connectivity index (χ1n) is 5.75. The number of rotatable bonds is 8. The molecule has 0 aromatic carbocycles. The molecule has 0 saturated heterocycles. The molecule has 2 atom stereocenters. The van der Waals surface area contributed by atoms with Crippen LogP contribution in [0.4, 0.5) is 0 Å². The van der Waals surface area contributed by atoms with Gasteiger partial charge in [0.25, 0.3) is 0 Å². The third-order valence-electron chi connectivity index (χ3n) is 2.87. The largest absolute Gasteiger partial charge is 0.549 e. The second-order valence-corrected chi connectivity index (χ2v) is 4.07. The summed E-state index contributed by atoms with van der Waals surface area (Å²) in [7, 11) is 0. The highest BCUT2D eigenvalue weighted by molar-refractivity contribution is 5.96. The first-order valence-corrected chi connectivity index (χ1v) is 5.75. The zero-order chi connectivity index (χ0) is 11.8. The SMILES string of the molecule is CCCCCC(CC)C(C(C)=O)C(=O)[O-]. The summed E-state index contributed by atoms with van der Waals surface area (Å²) in [6.07, 6.45) is 4.72. The molecule has 0 aliphatic rings. The lowest BCUT2D eigenvalue weighted by molar-refractivity contribution is -0.311. The lowest BCUT2D eigenvalue weighted by Crippen LogP contribution is -2.40. The van der Waals surface area contributed by atoms with E-state index in [0.717, 1.165) is 32.1 Å². The van der Waals surface area contributed by atoms with Gasteiger partial charge in [-0.05, 0) is 19.3 Å². The van der Waals surface area contributed by atoms with Gasteiger partial charge >= 0.3 is 0 Å². The van der Waals surface area contributed by atoms with E-state index >= 15 is 0 Å². The Balaban J connectivity index is 4.32. The summed E-state index contributed by atoms with van der Waals surface area (Å²) in [5.74, 6) is -2.46. The van der Waals surface area contributed by atoms with Gasteiger partial charge in [-0.2, -0.15) is 0 Å². The van der Waals surface area contributed by atoms with Crippen molar-refractivity contribution in [3.63, 3.8) is 0 Å². The molecule has 0 aliphatic carbocycles. The predicted molar refractivity (Wildman–Crippen MR) is 57.1 cm³/mol. The first kappa shape index (κ1) is 14.1. The van der Waals surface area contributed by atoms with Crippen molar-refractivity contribution in [1.82, 2.24) is 0 Å². The average Bonchev–Trinajstić information content (AvgIpc) is 2.15. The van der Waals surface area contributed by atoms with Crippen LogP contribution in [0.2, 0.25) is 0 Å². The molecule has 0 saturated carbocycles. The van der Waals surface area contributed by atoms with E-state index in [9.17, 15) is 14.7 Å². The zero-order valence-corrected chi connectivity index (χ0v) is 9.91. The molecular weight excluding hydrogens is 192 g/mol. The maximum Gasteiger partial charge on any atom is 0.138 e. The minimum atomic E-state index is -1.22. The summed E-state index contributed by atoms with van der Waals surface area (Å²) in [4.78, 5) is 22.0. The van der Waals surface area contributed by atoms with Crippen molar-refractivity contribution in [3.8, 4) is 0 Å². The Bertz CT molecular complexity index is 197. The summed E-state index contributed by atoms with van der Waals surface area (Å²) in [6, 6.07) is 0. The number of hydrogen-bond acceptors (Lipinski definition) is 3. The molecule has 0 bridgehead atoms. The Kier molecular flexibility index (Phi) is 7.01. The van der Waals surface area contributed by atoms with Gasteiger partial charge in [0.1, 0.15) is 5.78 Å². The van der Waals surface area contributed by atoms with Crippen LogP contribution in [0, 0.1) is 11.8 Å². The van der Waals surface area contributed by atoms with Gasteiger partial charge in [-0.1, -0.05) is 39.5 Å². The zero-order valence-electron chi connectivity index (χ0n) is 9.91. The van der Waals surface area contributed by atoms with Crippen molar-refractivity contribution in [2.24, 2.45) is 11.8 Å². The van der Waals surface area contributed by atoms with Crippen LogP contribution in [0.5, 0.6) is 0 Å². The van der Waals surface area contributed by atoms with Gasteiger partial charge in [-0.15, -0.1) is 0 Å². The molecule has 3 nitrogen and oxygen atoms in total. The van der Waals surface area contributed by atoms with Crippen molar-refractivity contribution in [3.05, 3.63) is 0 Å². The monoisotopic (exact) mass is 213 g/mol. The summed E-state index contributed by atoms with van der Waals surface area (Å²) in [6.45, 7) is 5.36. The molecule has 0 aromatic rings. The van der Waals surface area contributed by atoms with E-state index in [1.165, 1.54) is 6.92 Å². The molecule has 0 aromatic heterocycles. The molecule has 0 N–H and O–H groups in total. The number of Topliss-reactive ketones (excluding diaryl/α,β-unsaturated/α-hetero) is 1. The Morgan fingerprint density at radius 3 is 2.13 bits per heavy atom. The molecule has 2 unspecified atom stereocenters. The molecule has 0 fully saturated rings. The van der Waals surface area contributed by atoms with Crippen molar-refractivity contribution in [1.29, 1.82) is 0 Å². The van der Waals surface area contributed by atoms with Gasteiger partial charge < -0.3 is 9.90 Å². The maximum absolute atomic E-state index is 11.2. The van der Waals surface area contributed by atoms with Gasteiger partial charge in [-0.25, -0.2) is 0 Å². The number of carbonyl (C=O) groups excluding carboxylic acids is 2. The number of aliphatic carboxylic acids is 1. The van der Waals surface area contributed by atoms with Crippen LogP contribution in [-0.2, 0) is 9.59 Å². The average molecular weight is 213 g/mol. The van der Waals surface area contributed by atoms with Gasteiger partial charge in [-0.3, -0.25) is 4.79 Å². The van der Waals surface area contributed by atoms with E-state index in [1.54, 1.807) is 0 Å². The van der Waals surface area contributed by atoms with E-state index in [0.29, 0.717) is 0 Å². The number of ketones is 1. The predicted octanol–water partition coefficient (Wildman–Crippen LogP) is 1.55. The number of carboxylic acid groups (broad SMARTS) is 1. The van der Waals surface area contributed by atoms with Gasteiger partial charge in [0, 0.05) is 0 Å². The lowest BCUT2D eigenvalue weighted by atomic mass is 9.83. The first-order chi connectivity index (χ1) is 7.04.